The lowest BCUT2D eigenvalue weighted by molar-refractivity contribution is 0.0368. The number of carbonyl (C=O) groups excluding carboxylic acids is 1. The normalized spacial score (nSPS) is 15.6. The molecule has 1 saturated carbocycles. The molecule has 1 heterocycles. The molecular formula is C13H20N2O3S. The first-order chi connectivity index (χ1) is 9.00. The second-order valence-corrected chi connectivity index (χ2v) is 6.48. The fourth-order valence-corrected chi connectivity index (χ4v) is 2.90. The van der Waals surface area contributed by atoms with Gasteiger partial charge in [-0.25, -0.2) is 4.98 Å². The minimum absolute atomic E-state index is 0.0717. The first-order valence-corrected chi connectivity index (χ1v) is 7.29. The van der Waals surface area contributed by atoms with Crippen molar-refractivity contribution in [3.63, 3.8) is 0 Å². The standard InChI is InChI=1S/C13H20N2O3S/c1-13(6-16,7-17)5-15(2)12(18)11-10(9-3-4-9)14-8-19-11/h8-9,16-17H,3-7H2,1-2H3. The molecule has 1 aromatic rings. The van der Waals surface area contributed by atoms with E-state index in [0.717, 1.165) is 18.5 Å². The van der Waals surface area contributed by atoms with Crippen LogP contribution in [0.1, 0.15) is 41.0 Å². The predicted molar refractivity (Wildman–Crippen MR) is 73.3 cm³/mol. The predicted octanol–water partition coefficient (Wildman–Crippen LogP) is 1.08. The van der Waals surface area contributed by atoms with Crippen molar-refractivity contribution in [3.8, 4) is 0 Å². The number of hydrogen-bond donors (Lipinski definition) is 2. The van der Waals surface area contributed by atoms with Gasteiger partial charge in [-0.05, 0) is 12.8 Å². The van der Waals surface area contributed by atoms with E-state index in [4.69, 9.17) is 0 Å². The monoisotopic (exact) mass is 284 g/mol. The number of rotatable bonds is 6. The van der Waals surface area contributed by atoms with Crippen LogP contribution in [0.5, 0.6) is 0 Å². The van der Waals surface area contributed by atoms with E-state index >= 15 is 0 Å². The second kappa shape index (κ2) is 5.56. The van der Waals surface area contributed by atoms with E-state index in [9.17, 15) is 15.0 Å². The summed E-state index contributed by atoms with van der Waals surface area (Å²) in [5.41, 5.74) is 1.96. The molecule has 1 fully saturated rings. The van der Waals surface area contributed by atoms with Gasteiger partial charge in [-0.15, -0.1) is 11.3 Å². The van der Waals surface area contributed by atoms with Gasteiger partial charge in [-0.3, -0.25) is 4.79 Å². The highest BCUT2D eigenvalue weighted by molar-refractivity contribution is 7.11. The number of thiazole rings is 1. The van der Waals surface area contributed by atoms with Crippen molar-refractivity contribution in [2.75, 3.05) is 26.8 Å². The van der Waals surface area contributed by atoms with Gasteiger partial charge in [0.2, 0.25) is 0 Å². The van der Waals surface area contributed by atoms with Crippen LogP contribution in [-0.2, 0) is 0 Å². The Labute approximate surface area is 116 Å². The third-order valence-electron chi connectivity index (χ3n) is 3.48. The molecule has 5 nitrogen and oxygen atoms in total. The van der Waals surface area contributed by atoms with Crippen LogP contribution < -0.4 is 0 Å². The highest BCUT2D eigenvalue weighted by atomic mass is 32.1. The number of hydrogen-bond acceptors (Lipinski definition) is 5. The van der Waals surface area contributed by atoms with Gasteiger partial charge in [0.15, 0.2) is 0 Å². The minimum Gasteiger partial charge on any atom is -0.396 e. The van der Waals surface area contributed by atoms with Crippen LogP contribution in [0.3, 0.4) is 0 Å². The van der Waals surface area contributed by atoms with E-state index < -0.39 is 5.41 Å². The number of nitrogens with zero attached hydrogens (tertiary/aromatic N) is 2. The highest BCUT2D eigenvalue weighted by Gasteiger charge is 2.33. The van der Waals surface area contributed by atoms with Crippen LogP contribution in [0.2, 0.25) is 0 Å². The van der Waals surface area contributed by atoms with Gasteiger partial charge < -0.3 is 15.1 Å². The molecule has 2 N–H and O–H groups in total. The second-order valence-electron chi connectivity index (χ2n) is 5.63. The minimum atomic E-state index is -0.672. The first-order valence-electron chi connectivity index (χ1n) is 6.41. The van der Waals surface area contributed by atoms with Gasteiger partial charge in [0, 0.05) is 24.9 Å². The Balaban J connectivity index is 2.08. The zero-order valence-electron chi connectivity index (χ0n) is 11.3. The molecule has 0 unspecified atom stereocenters. The topological polar surface area (TPSA) is 73.7 Å². The maximum Gasteiger partial charge on any atom is 0.265 e. The van der Waals surface area contributed by atoms with Gasteiger partial charge in [0.05, 0.1) is 24.4 Å². The van der Waals surface area contributed by atoms with Crippen LogP contribution in [0.15, 0.2) is 5.51 Å². The molecule has 0 bridgehead atoms. The van der Waals surface area contributed by atoms with E-state index in [1.54, 1.807) is 24.4 Å². The van der Waals surface area contributed by atoms with Gasteiger partial charge in [0.1, 0.15) is 4.88 Å². The van der Waals surface area contributed by atoms with Crippen molar-refractivity contribution in [3.05, 3.63) is 16.1 Å². The van der Waals surface area contributed by atoms with Gasteiger partial charge in [-0.2, -0.15) is 0 Å². The molecule has 1 aliphatic rings. The van der Waals surface area contributed by atoms with Crippen molar-refractivity contribution >= 4 is 17.2 Å². The molecule has 0 aliphatic heterocycles. The summed E-state index contributed by atoms with van der Waals surface area (Å²) >= 11 is 1.37. The average molecular weight is 284 g/mol. The molecule has 6 heteroatoms. The third-order valence-corrected chi connectivity index (χ3v) is 4.31. The fraction of sp³-hybridized carbons (Fsp3) is 0.692. The molecule has 19 heavy (non-hydrogen) atoms. The van der Waals surface area contributed by atoms with Crippen LogP contribution in [0, 0.1) is 5.41 Å². The number of aliphatic hydroxyl groups excluding tert-OH is 2. The zero-order valence-corrected chi connectivity index (χ0v) is 12.1. The number of aromatic nitrogens is 1. The molecule has 2 rings (SSSR count). The van der Waals surface area contributed by atoms with Crippen molar-refractivity contribution in [1.82, 2.24) is 9.88 Å². The molecule has 0 aromatic carbocycles. The van der Waals surface area contributed by atoms with Crippen LogP contribution in [-0.4, -0.2) is 52.8 Å². The summed E-state index contributed by atoms with van der Waals surface area (Å²) in [6.07, 6.45) is 2.22. The lowest BCUT2D eigenvalue weighted by atomic mass is 9.92. The average Bonchev–Trinajstić information content (AvgIpc) is 3.15. The Morgan fingerprint density at radius 1 is 1.53 bits per heavy atom. The molecule has 0 radical (unpaired) electrons. The Morgan fingerprint density at radius 3 is 2.68 bits per heavy atom. The third kappa shape index (κ3) is 3.13. The van der Waals surface area contributed by atoms with Gasteiger partial charge in [-0.1, -0.05) is 6.92 Å². The summed E-state index contributed by atoms with van der Waals surface area (Å²) in [7, 11) is 1.70. The Morgan fingerprint density at radius 2 is 2.16 bits per heavy atom. The lowest BCUT2D eigenvalue weighted by Gasteiger charge is -2.30. The number of carbonyl (C=O) groups is 1. The fourth-order valence-electron chi connectivity index (χ4n) is 2.03. The Bertz CT molecular complexity index is 452. The molecule has 1 aromatic heterocycles. The SMILES string of the molecule is CN(CC(C)(CO)CO)C(=O)c1scnc1C1CC1. The molecule has 106 valence electrons. The van der Waals surface area contributed by atoms with Crippen molar-refractivity contribution in [1.29, 1.82) is 0 Å². The Kier molecular flexibility index (Phi) is 4.23. The van der Waals surface area contributed by atoms with Crippen LogP contribution in [0.4, 0.5) is 0 Å². The smallest absolute Gasteiger partial charge is 0.265 e. The van der Waals surface area contributed by atoms with Crippen LogP contribution in [0.25, 0.3) is 0 Å². The Hall–Kier alpha value is -0.980. The number of aliphatic hydroxyl groups is 2. The molecule has 0 saturated heterocycles. The molecular weight excluding hydrogens is 264 g/mol. The lowest BCUT2D eigenvalue weighted by Crippen LogP contribution is -2.41. The van der Waals surface area contributed by atoms with Crippen molar-refractivity contribution < 1.29 is 15.0 Å². The highest BCUT2D eigenvalue weighted by Crippen LogP contribution is 2.42. The number of amides is 1. The van der Waals surface area contributed by atoms with E-state index in [1.165, 1.54) is 11.3 Å². The maximum absolute atomic E-state index is 12.4. The summed E-state index contributed by atoms with van der Waals surface area (Å²) in [5.74, 6) is 0.373. The summed E-state index contributed by atoms with van der Waals surface area (Å²) in [4.78, 5) is 19.0. The summed E-state index contributed by atoms with van der Waals surface area (Å²) in [6, 6.07) is 0. The van der Waals surface area contributed by atoms with Crippen molar-refractivity contribution in [2.45, 2.75) is 25.7 Å². The van der Waals surface area contributed by atoms with Crippen LogP contribution >= 0.6 is 11.3 Å². The van der Waals surface area contributed by atoms with E-state index in [-0.39, 0.29) is 19.1 Å². The van der Waals surface area contributed by atoms with Gasteiger partial charge in [0.25, 0.3) is 5.91 Å². The molecule has 0 spiro atoms. The largest absolute Gasteiger partial charge is 0.396 e. The van der Waals surface area contributed by atoms with E-state index in [1.807, 2.05) is 0 Å². The quantitative estimate of drug-likeness (QED) is 0.820. The van der Waals surface area contributed by atoms with E-state index in [0.29, 0.717) is 17.3 Å². The summed E-state index contributed by atoms with van der Waals surface area (Å²) in [6.45, 7) is 1.77. The first kappa shape index (κ1) is 14.4. The van der Waals surface area contributed by atoms with Gasteiger partial charge >= 0.3 is 0 Å². The summed E-state index contributed by atoms with van der Waals surface area (Å²) < 4.78 is 0. The molecule has 0 atom stereocenters. The zero-order chi connectivity index (χ0) is 14.0. The molecule has 1 aliphatic carbocycles. The van der Waals surface area contributed by atoms with Crippen molar-refractivity contribution in [2.24, 2.45) is 5.41 Å². The molecule has 1 amide bonds. The summed E-state index contributed by atoms with van der Waals surface area (Å²) in [5, 5.41) is 18.6. The van der Waals surface area contributed by atoms with E-state index in [2.05, 4.69) is 4.98 Å². The maximum atomic E-state index is 12.4.